The van der Waals surface area contributed by atoms with E-state index in [9.17, 15) is 13.2 Å². The summed E-state index contributed by atoms with van der Waals surface area (Å²) < 4.78 is 27.7. The van der Waals surface area contributed by atoms with E-state index in [0.717, 1.165) is 38.0 Å². The summed E-state index contributed by atoms with van der Waals surface area (Å²) in [6.07, 6.45) is 5.30. The molecule has 1 saturated heterocycles. The minimum Gasteiger partial charge on any atom is -0.349 e. The van der Waals surface area contributed by atoms with Gasteiger partial charge in [0.1, 0.15) is 0 Å². The number of rotatable bonds is 4. The molecule has 2 aliphatic rings. The summed E-state index contributed by atoms with van der Waals surface area (Å²) in [6.45, 7) is 7.52. The van der Waals surface area contributed by atoms with E-state index in [1.807, 2.05) is 0 Å². The quantitative estimate of drug-likeness (QED) is 0.850. The Kier molecular flexibility index (Phi) is 6.26. The zero-order valence-corrected chi connectivity index (χ0v) is 17.5. The van der Waals surface area contributed by atoms with E-state index < -0.39 is 10.0 Å². The number of hydrogen-bond acceptors (Lipinski definition) is 3. The molecule has 2 fully saturated rings. The van der Waals surface area contributed by atoms with Gasteiger partial charge in [-0.25, -0.2) is 8.42 Å². The van der Waals surface area contributed by atoms with Crippen LogP contribution in [0.3, 0.4) is 0 Å². The first kappa shape index (κ1) is 20.3. The summed E-state index contributed by atoms with van der Waals surface area (Å²) in [5, 5.41) is 3.08. The van der Waals surface area contributed by atoms with Gasteiger partial charge in [-0.15, -0.1) is 0 Å². The molecule has 2 unspecified atom stereocenters. The molecule has 2 atom stereocenters. The van der Waals surface area contributed by atoms with Gasteiger partial charge in [0.25, 0.3) is 5.91 Å². The fourth-order valence-electron chi connectivity index (χ4n) is 4.42. The lowest BCUT2D eigenvalue weighted by molar-refractivity contribution is 0.0922. The molecule has 1 aromatic rings. The molecule has 1 aromatic carbocycles. The molecule has 1 saturated carbocycles. The molecule has 1 amide bonds. The van der Waals surface area contributed by atoms with Crippen LogP contribution in [0.25, 0.3) is 0 Å². The van der Waals surface area contributed by atoms with Crippen LogP contribution in [0.5, 0.6) is 0 Å². The lowest BCUT2D eigenvalue weighted by atomic mass is 9.87. The molecule has 0 aromatic heterocycles. The van der Waals surface area contributed by atoms with E-state index in [1.54, 1.807) is 22.5 Å². The van der Waals surface area contributed by atoms with Crippen molar-refractivity contribution in [2.75, 3.05) is 13.1 Å². The van der Waals surface area contributed by atoms with Crippen molar-refractivity contribution in [1.82, 2.24) is 9.62 Å². The minimum absolute atomic E-state index is 0.174. The van der Waals surface area contributed by atoms with Crippen LogP contribution in [0.15, 0.2) is 29.2 Å². The molecular weight excluding hydrogens is 360 g/mol. The van der Waals surface area contributed by atoms with Gasteiger partial charge in [-0.2, -0.15) is 4.31 Å². The fourth-order valence-corrected chi connectivity index (χ4v) is 6.15. The molecule has 150 valence electrons. The van der Waals surface area contributed by atoms with Crippen molar-refractivity contribution in [1.29, 1.82) is 0 Å². The number of hydrogen-bond donors (Lipinski definition) is 1. The summed E-state index contributed by atoms with van der Waals surface area (Å²) in [5.74, 6) is 1.25. The molecule has 1 aliphatic carbocycles. The Morgan fingerprint density at radius 1 is 1.00 bits per heavy atom. The zero-order valence-electron chi connectivity index (χ0n) is 16.6. The number of amides is 1. The monoisotopic (exact) mass is 392 g/mol. The summed E-state index contributed by atoms with van der Waals surface area (Å²) >= 11 is 0. The van der Waals surface area contributed by atoms with Crippen molar-refractivity contribution in [3.63, 3.8) is 0 Å². The highest BCUT2D eigenvalue weighted by atomic mass is 32.2. The van der Waals surface area contributed by atoms with Crippen molar-refractivity contribution in [3.8, 4) is 0 Å². The van der Waals surface area contributed by atoms with E-state index >= 15 is 0 Å². The van der Waals surface area contributed by atoms with Crippen molar-refractivity contribution in [3.05, 3.63) is 29.8 Å². The van der Waals surface area contributed by atoms with Gasteiger partial charge in [-0.1, -0.05) is 26.8 Å². The van der Waals surface area contributed by atoms with Crippen LogP contribution in [0, 0.1) is 17.8 Å². The van der Waals surface area contributed by atoms with E-state index in [0.29, 0.717) is 30.5 Å². The standard InChI is InChI=1S/C21H32N2O3S/c1-15-7-9-19(10-8-15)22-21(24)18-5-4-6-20(12-18)27(25,26)23-13-16(2)11-17(3)14-23/h4-6,12,15-17,19H,7-11,13-14H2,1-3H3,(H,22,24). The lowest BCUT2D eigenvalue weighted by Crippen LogP contribution is -2.42. The molecule has 0 bridgehead atoms. The largest absolute Gasteiger partial charge is 0.349 e. The van der Waals surface area contributed by atoms with E-state index in [2.05, 4.69) is 26.1 Å². The second-order valence-electron chi connectivity index (χ2n) is 8.73. The highest BCUT2D eigenvalue weighted by Crippen LogP contribution is 2.27. The van der Waals surface area contributed by atoms with Gasteiger partial charge in [-0.05, 0) is 68.1 Å². The first-order valence-electron chi connectivity index (χ1n) is 10.2. The average molecular weight is 393 g/mol. The summed E-state index contributed by atoms with van der Waals surface area (Å²) in [4.78, 5) is 12.9. The van der Waals surface area contributed by atoms with Crippen LogP contribution in [-0.2, 0) is 10.0 Å². The smallest absolute Gasteiger partial charge is 0.251 e. The Morgan fingerprint density at radius 3 is 2.26 bits per heavy atom. The second-order valence-corrected chi connectivity index (χ2v) is 10.7. The van der Waals surface area contributed by atoms with Gasteiger partial charge in [0.15, 0.2) is 0 Å². The molecule has 6 heteroatoms. The molecule has 0 radical (unpaired) electrons. The van der Waals surface area contributed by atoms with Crippen molar-refractivity contribution < 1.29 is 13.2 Å². The predicted molar refractivity (Wildman–Crippen MR) is 107 cm³/mol. The third-order valence-electron chi connectivity index (χ3n) is 5.92. The van der Waals surface area contributed by atoms with Gasteiger partial charge < -0.3 is 5.32 Å². The Morgan fingerprint density at radius 2 is 1.63 bits per heavy atom. The van der Waals surface area contributed by atoms with Crippen molar-refractivity contribution in [2.24, 2.45) is 17.8 Å². The molecule has 1 aliphatic heterocycles. The van der Waals surface area contributed by atoms with Crippen molar-refractivity contribution in [2.45, 2.75) is 63.8 Å². The fraction of sp³-hybridized carbons (Fsp3) is 0.667. The molecule has 3 rings (SSSR count). The summed E-state index contributed by atoms with van der Waals surface area (Å²) in [5.41, 5.74) is 0.424. The molecule has 1 heterocycles. The number of piperidine rings is 1. The molecule has 1 N–H and O–H groups in total. The predicted octanol–water partition coefficient (Wildman–Crippen LogP) is 3.66. The van der Waals surface area contributed by atoms with Gasteiger partial charge in [0.2, 0.25) is 10.0 Å². The Bertz CT molecular complexity index is 759. The average Bonchev–Trinajstić information content (AvgIpc) is 2.63. The van der Waals surface area contributed by atoms with E-state index in [-0.39, 0.29) is 16.8 Å². The summed E-state index contributed by atoms with van der Waals surface area (Å²) in [7, 11) is -3.57. The third kappa shape index (κ3) is 4.91. The first-order chi connectivity index (χ1) is 12.8. The number of benzene rings is 1. The minimum atomic E-state index is -3.57. The van der Waals surface area contributed by atoms with E-state index in [4.69, 9.17) is 0 Å². The van der Waals surface area contributed by atoms with Gasteiger partial charge in [0.05, 0.1) is 4.90 Å². The van der Waals surface area contributed by atoms with Crippen LogP contribution in [0.1, 0.15) is 63.2 Å². The Balaban J connectivity index is 1.73. The third-order valence-corrected chi connectivity index (χ3v) is 7.75. The SMILES string of the molecule is CC1CCC(NC(=O)c2cccc(S(=O)(=O)N3CC(C)CC(C)C3)c2)CC1. The van der Waals surface area contributed by atoms with E-state index in [1.165, 1.54) is 6.07 Å². The van der Waals surface area contributed by atoms with Gasteiger partial charge in [-0.3, -0.25) is 4.79 Å². The molecular formula is C21H32N2O3S. The zero-order chi connectivity index (χ0) is 19.6. The van der Waals surface area contributed by atoms with Crippen molar-refractivity contribution >= 4 is 15.9 Å². The van der Waals surface area contributed by atoms with Crippen LogP contribution in [0.2, 0.25) is 0 Å². The van der Waals surface area contributed by atoms with Crippen LogP contribution < -0.4 is 5.32 Å². The number of nitrogens with one attached hydrogen (secondary N) is 1. The maximum atomic E-state index is 13.1. The topological polar surface area (TPSA) is 66.5 Å². The Labute approximate surface area is 163 Å². The van der Waals surface area contributed by atoms with Gasteiger partial charge in [0, 0.05) is 24.7 Å². The maximum absolute atomic E-state index is 13.1. The lowest BCUT2D eigenvalue weighted by Gasteiger charge is -2.34. The highest BCUT2D eigenvalue weighted by molar-refractivity contribution is 7.89. The van der Waals surface area contributed by atoms with Crippen LogP contribution >= 0.6 is 0 Å². The molecule has 5 nitrogen and oxygen atoms in total. The number of carbonyl (C=O) groups excluding carboxylic acids is 1. The molecule has 27 heavy (non-hydrogen) atoms. The summed E-state index contributed by atoms with van der Waals surface area (Å²) in [6, 6.07) is 6.68. The number of carbonyl (C=O) groups is 1. The number of nitrogens with zero attached hydrogens (tertiary/aromatic N) is 1. The molecule has 0 spiro atoms. The first-order valence-corrected chi connectivity index (χ1v) is 11.6. The Hall–Kier alpha value is -1.40. The second kappa shape index (κ2) is 8.31. The number of sulfonamides is 1. The normalized spacial score (nSPS) is 30.0. The van der Waals surface area contributed by atoms with Crippen LogP contribution in [-0.4, -0.2) is 37.8 Å². The maximum Gasteiger partial charge on any atom is 0.251 e. The van der Waals surface area contributed by atoms with Gasteiger partial charge >= 0.3 is 0 Å². The highest BCUT2D eigenvalue weighted by Gasteiger charge is 2.32. The van der Waals surface area contributed by atoms with Crippen LogP contribution in [0.4, 0.5) is 0 Å².